The summed E-state index contributed by atoms with van der Waals surface area (Å²) in [6, 6.07) is 0. The summed E-state index contributed by atoms with van der Waals surface area (Å²) in [6.07, 6.45) is -3.27. The summed E-state index contributed by atoms with van der Waals surface area (Å²) in [5, 5.41) is 0. The van der Waals surface area contributed by atoms with Gasteiger partial charge in [0.15, 0.2) is 6.17 Å². The lowest BCUT2D eigenvalue weighted by Gasteiger charge is -2.36. The predicted molar refractivity (Wildman–Crippen MR) is 29.9 cm³/mol. The Labute approximate surface area is 65.4 Å². The molecule has 0 aliphatic heterocycles. The monoisotopic (exact) mass is 188 g/mol. The van der Waals surface area contributed by atoms with Crippen LogP contribution < -0.4 is 0 Å². The van der Waals surface area contributed by atoms with Gasteiger partial charge in [0, 0.05) is 6.42 Å². The van der Waals surface area contributed by atoms with Crippen LogP contribution in [-0.2, 0) is 9.08 Å². The molecular weight excluding hydrogens is 184 g/mol. The van der Waals surface area contributed by atoms with Gasteiger partial charge in [0.2, 0.25) is 0 Å². The summed E-state index contributed by atoms with van der Waals surface area (Å²) in [6.45, 7) is 0. The second-order valence-electron chi connectivity index (χ2n) is 2.37. The highest BCUT2D eigenvalue weighted by molar-refractivity contribution is 6.13. The Morgan fingerprint density at radius 3 is 2.45 bits per heavy atom. The molecule has 11 heavy (non-hydrogen) atoms. The minimum atomic E-state index is -3.39. The molecule has 0 spiro atoms. The van der Waals surface area contributed by atoms with Crippen LogP contribution in [0.3, 0.4) is 0 Å². The number of carbonyl (C=O) groups excluding carboxylic acids is 1. The van der Waals surface area contributed by atoms with Gasteiger partial charge in [-0.1, -0.05) is 0 Å². The minimum absolute atomic E-state index is 0.820. The lowest BCUT2D eigenvalue weighted by Crippen LogP contribution is -2.53. The maximum absolute atomic E-state index is 12.3. The number of alkyl halides is 3. The third kappa shape index (κ3) is 1.29. The van der Waals surface area contributed by atoms with Gasteiger partial charge >= 0.3 is 5.97 Å². The fourth-order valence-corrected chi connectivity index (χ4v) is 1.02. The molecule has 2 unspecified atom stereocenters. The van der Waals surface area contributed by atoms with E-state index in [0.29, 0.717) is 0 Å². The molecule has 2 nitrogen and oxygen atoms in total. The van der Waals surface area contributed by atoms with Crippen molar-refractivity contribution in [2.24, 2.45) is 5.92 Å². The van der Waals surface area contributed by atoms with Crippen molar-refractivity contribution in [3.63, 3.8) is 0 Å². The number of halogens is 4. The standard InChI is InChI=1S/C5H4ClF3O2/c6-11-4(10)2-1-5(8,9)3(2)7/h2-3H,1H2. The van der Waals surface area contributed by atoms with Crippen molar-refractivity contribution in [2.45, 2.75) is 18.5 Å². The van der Waals surface area contributed by atoms with Gasteiger partial charge in [0.1, 0.15) is 17.8 Å². The van der Waals surface area contributed by atoms with Crippen molar-refractivity contribution in [1.29, 1.82) is 0 Å². The highest BCUT2D eigenvalue weighted by Gasteiger charge is 2.60. The average molecular weight is 189 g/mol. The molecule has 64 valence electrons. The van der Waals surface area contributed by atoms with Crippen LogP contribution in [0.15, 0.2) is 0 Å². The molecule has 1 aliphatic rings. The van der Waals surface area contributed by atoms with Gasteiger partial charge in [0.05, 0.1) is 0 Å². The molecule has 1 saturated carbocycles. The van der Waals surface area contributed by atoms with E-state index in [1.807, 2.05) is 0 Å². The molecule has 0 heterocycles. The van der Waals surface area contributed by atoms with E-state index in [4.69, 9.17) is 0 Å². The molecule has 0 aromatic rings. The van der Waals surface area contributed by atoms with Gasteiger partial charge in [-0.3, -0.25) is 4.79 Å². The molecule has 6 heteroatoms. The molecule has 0 aromatic carbocycles. The number of hydrogen-bond donors (Lipinski definition) is 0. The van der Waals surface area contributed by atoms with E-state index in [0.717, 1.165) is 0 Å². The summed E-state index contributed by atoms with van der Waals surface area (Å²) in [4.78, 5) is 10.4. The summed E-state index contributed by atoms with van der Waals surface area (Å²) in [5.41, 5.74) is 0. The molecule has 1 rings (SSSR count). The van der Waals surface area contributed by atoms with Crippen molar-refractivity contribution in [3.05, 3.63) is 0 Å². The largest absolute Gasteiger partial charge is 0.347 e. The second-order valence-corrected chi connectivity index (χ2v) is 2.52. The quantitative estimate of drug-likeness (QED) is 0.626. The van der Waals surface area contributed by atoms with Crippen molar-refractivity contribution in [2.75, 3.05) is 0 Å². The van der Waals surface area contributed by atoms with E-state index < -0.39 is 30.4 Å². The molecule has 1 fully saturated rings. The van der Waals surface area contributed by atoms with Gasteiger partial charge in [-0.05, 0) is 0 Å². The van der Waals surface area contributed by atoms with Crippen LogP contribution in [0.25, 0.3) is 0 Å². The molecule has 0 bridgehead atoms. The van der Waals surface area contributed by atoms with Gasteiger partial charge < -0.3 is 4.29 Å². The lowest BCUT2D eigenvalue weighted by molar-refractivity contribution is -0.196. The first kappa shape index (κ1) is 8.64. The maximum atomic E-state index is 12.3. The normalized spacial score (nSPS) is 34.2. The SMILES string of the molecule is O=C(OCl)C1CC(F)(F)C1F. The van der Waals surface area contributed by atoms with Crippen LogP contribution in [0, 0.1) is 5.92 Å². The highest BCUT2D eigenvalue weighted by atomic mass is 35.5. The zero-order chi connectivity index (χ0) is 8.65. The van der Waals surface area contributed by atoms with E-state index in [9.17, 15) is 18.0 Å². The number of carbonyl (C=O) groups is 1. The Balaban J connectivity index is 2.51. The van der Waals surface area contributed by atoms with Crippen LogP contribution in [0.5, 0.6) is 0 Å². The van der Waals surface area contributed by atoms with Crippen LogP contribution in [0.4, 0.5) is 13.2 Å². The van der Waals surface area contributed by atoms with Crippen LogP contribution >= 0.6 is 11.9 Å². The first-order chi connectivity index (χ1) is 4.99. The van der Waals surface area contributed by atoms with Crippen molar-refractivity contribution in [1.82, 2.24) is 0 Å². The minimum Gasteiger partial charge on any atom is -0.347 e. The molecular formula is C5H4ClF3O2. The average Bonchev–Trinajstić information content (AvgIpc) is 1.98. The van der Waals surface area contributed by atoms with E-state index in [-0.39, 0.29) is 0 Å². The molecule has 1 aliphatic carbocycles. The fourth-order valence-electron chi connectivity index (χ4n) is 0.903. The Morgan fingerprint density at radius 1 is 1.64 bits per heavy atom. The topological polar surface area (TPSA) is 26.3 Å². The number of hydrogen-bond acceptors (Lipinski definition) is 2. The summed E-state index contributed by atoms with van der Waals surface area (Å²) < 4.78 is 40.0. The molecule has 0 saturated heterocycles. The molecule has 0 N–H and O–H groups in total. The maximum Gasteiger partial charge on any atom is 0.331 e. The third-order valence-corrected chi connectivity index (χ3v) is 1.78. The van der Waals surface area contributed by atoms with Crippen LogP contribution in [0.1, 0.15) is 6.42 Å². The summed E-state index contributed by atoms with van der Waals surface area (Å²) in [7, 11) is 0. The summed E-state index contributed by atoms with van der Waals surface area (Å²) >= 11 is 4.56. The van der Waals surface area contributed by atoms with E-state index in [2.05, 4.69) is 16.2 Å². The molecule has 0 radical (unpaired) electrons. The van der Waals surface area contributed by atoms with E-state index >= 15 is 0 Å². The molecule has 2 atom stereocenters. The predicted octanol–water partition coefficient (Wildman–Crippen LogP) is 1.68. The lowest BCUT2D eigenvalue weighted by atomic mass is 9.79. The van der Waals surface area contributed by atoms with Crippen molar-refractivity contribution >= 4 is 17.8 Å². The second kappa shape index (κ2) is 2.55. The Hall–Kier alpha value is -0.450. The van der Waals surface area contributed by atoms with E-state index in [1.165, 1.54) is 0 Å². The zero-order valence-corrected chi connectivity index (χ0v) is 5.95. The molecule has 0 aromatic heterocycles. The summed E-state index contributed by atoms with van der Waals surface area (Å²) in [5.74, 6) is -5.93. The van der Waals surface area contributed by atoms with Gasteiger partial charge in [-0.2, -0.15) is 0 Å². The van der Waals surface area contributed by atoms with Gasteiger partial charge in [-0.15, -0.1) is 0 Å². The Morgan fingerprint density at radius 2 is 2.18 bits per heavy atom. The van der Waals surface area contributed by atoms with E-state index in [1.54, 1.807) is 0 Å². The van der Waals surface area contributed by atoms with Crippen LogP contribution in [0.2, 0.25) is 0 Å². The van der Waals surface area contributed by atoms with Crippen molar-refractivity contribution < 1.29 is 22.3 Å². The number of rotatable bonds is 1. The fraction of sp³-hybridized carbons (Fsp3) is 0.800. The Bertz CT molecular complexity index is 185. The van der Waals surface area contributed by atoms with Gasteiger partial charge in [0.25, 0.3) is 5.92 Å². The van der Waals surface area contributed by atoms with Crippen LogP contribution in [-0.4, -0.2) is 18.1 Å². The first-order valence-electron chi connectivity index (χ1n) is 2.83. The zero-order valence-electron chi connectivity index (χ0n) is 5.19. The smallest absolute Gasteiger partial charge is 0.331 e. The van der Waals surface area contributed by atoms with Gasteiger partial charge in [-0.25, -0.2) is 13.2 Å². The first-order valence-corrected chi connectivity index (χ1v) is 3.14. The third-order valence-electron chi connectivity index (χ3n) is 1.63. The van der Waals surface area contributed by atoms with Crippen molar-refractivity contribution in [3.8, 4) is 0 Å². The highest BCUT2D eigenvalue weighted by Crippen LogP contribution is 2.45. The molecule has 0 amide bonds. The Kier molecular flexibility index (Phi) is 2.00.